The van der Waals surface area contributed by atoms with Gasteiger partial charge in [0.1, 0.15) is 5.82 Å². The van der Waals surface area contributed by atoms with E-state index < -0.39 is 0 Å². The number of aryl methyl sites for hydroxylation is 1. The summed E-state index contributed by atoms with van der Waals surface area (Å²) in [7, 11) is 1.89. The van der Waals surface area contributed by atoms with E-state index in [1.807, 2.05) is 31.4 Å². The average molecular weight is 421 g/mol. The number of morpholine rings is 1. The third kappa shape index (κ3) is 4.45. The van der Waals surface area contributed by atoms with Crippen molar-refractivity contribution in [2.75, 3.05) is 31.6 Å². The van der Waals surface area contributed by atoms with Gasteiger partial charge in [0.15, 0.2) is 0 Å². The van der Waals surface area contributed by atoms with E-state index in [1.165, 1.54) is 0 Å². The van der Waals surface area contributed by atoms with Crippen LogP contribution in [-0.4, -0.2) is 62.9 Å². The smallest absolute Gasteiger partial charge is 0.228 e. The van der Waals surface area contributed by atoms with Crippen molar-refractivity contribution < 1.29 is 9.53 Å². The molecule has 0 radical (unpaired) electrons. The van der Waals surface area contributed by atoms with E-state index in [9.17, 15) is 4.79 Å². The monoisotopic (exact) mass is 420 g/mol. The Labute approximate surface area is 181 Å². The highest BCUT2D eigenvalue weighted by molar-refractivity contribution is 5.93. The fourth-order valence-corrected chi connectivity index (χ4v) is 4.67. The molecular formula is C23H28N6O2. The topological polar surface area (TPSA) is 85.2 Å². The van der Waals surface area contributed by atoms with E-state index in [-0.39, 0.29) is 11.8 Å². The van der Waals surface area contributed by atoms with Crippen LogP contribution in [0.15, 0.2) is 36.8 Å². The number of fused-ring (bicyclic) bond motifs is 1. The lowest BCUT2D eigenvalue weighted by Crippen LogP contribution is -2.45. The first kappa shape index (κ1) is 20.1. The Bertz CT molecular complexity index is 1070. The highest BCUT2D eigenvalue weighted by Gasteiger charge is 2.30. The molecule has 1 aliphatic carbocycles. The Balaban J connectivity index is 1.24. The molecule has 2 fully saturated rings. The Morgan fingerprint density at radius 1 is 1.13 bits per heavy atom. The summed E-state index contributed by atoms with van der Waals surface area (Å²) in [5.41, 5.74) is 2.62. The first-order chi connectivity index (χ1) is 15.2. The molecule has 8 nitrogen and oxygen atoms in total. The summed E-state index contributed by atoms with van der Waals surface area (Å²) in [4.78, 5) is 24.6. The van der Waals surface area contributed by atoms with Gasteiger partial charge in [-0.3, -0.25) is 14.4 Å². The van der Waals surface area contributed by atoms with Crippen molar-refractivity contribution >= 4 is 22.6 Å². The second-order valence-electron chi connectivity index (χ2n) is 8.50. The van der Waals surface area contributed by atoms with Crippen molar-refractivity contribution in [3.05, 3.63) is 36.8 Å². The normalized spacial score (nSPS) is 22.5. The lowest BCUT2D eigenvalue weighted by atomic mass is 9.84. The Kier molecular flexibility index (Phi) is 5.65. The Morgan fingerprint density at radius 3 is 2.68 bits per heavy atom. The predicted octanol–water partition coefficient (Wildman–Crippen LogP) is 2.86. The molecule has 1 amide bonds. The van der Waals surface area contributed by atoms with E-state index in [1.54, 1.807) is 17.1 Å². The van der Waals surface area contributed by atoms with Gasteiger partial charge in [-0.2, -0.15) is 5.10 Å². The first-order valence-corrected chi connectivity index (χ1v) is 11.0. The quantitative estimate of drug-likeness (QED) is 0.699. The largest absolute Gasteiger partial charge is 0.379 e. The SMILES string of the molecule is Cn1cc(-c2ccc3cnc(NC(=O)[C@H]4CC[C@H](N5CCOCC5)CC4)cc3n2)cn1. The minimum Gasteiger partial charge on any atom is -0.379 e. The molecule has 1 saturated carbocycles. The molecule has 8 heteroatoms. The average Bonchev–Trinajstić information content (AvgIpc) is 3.25. The standard InChI is InChI=1S/C23H28N6O2/c1-28-15-18(14-25-28)20-7-4-17-13-24-22(12-21(17)26-20)27-23(30)16-2-5-19(6-3-16)29-8-10-31-11-9-29/h4,7,12-16,19H,2-3,5-6,8-11H2,1H3,(H,24,27,30)/t16-,19-. The molecule has 1 N–H and O–H groups in total. The van der Waals surface area contributed by atoms with Crippen molar-refractivity contribution in [3.8, 4) is 11.3 Å². The third-order valence-corrected chi connectivity index (χ3v) is 6.46. The molecule has 3 aromatic heterocycles. The number of hydrogen-bond donors (Lipinski definition) is 1. The minimum absolute atomic E-state index is 0.0458. The number of hydrogen-bond acceptors (Lipinski definition) is 6. The first-order valence-electron chi connectivity index (χ1n) is 11.0. The van der Waals surface area contributed by atoms with Crippen molar-refractivity contribution in [3.63, 3.8) is 0 Å². The van der Waals surface area contributed by atoms with Gasteiger partial charge in [-0.15, -0.1) is 0 Å². The molecule has 0 unspecified atom stereocenters. The van der Waals surface area contributed by atoms with Crippen LogP contribution in [0.2, 0.25) is 0 Å². The molecule has 31 heavy (non-hydrogen) atoms. The van der Waals surface area contributed by atoms with Gasteiger partial charge < -0.3 is 10.1 Å². The van der Waals surface area contributed by atoms with Gasteiger partial charge in [0.05, 0.1) is 30.6 Å². The number of nitrogens with one attached hydrogen (secondary N) is 1. The molecule has 3 aromatic rings. The molecule has 0 aromatic carbocycles. The molecular weight excluding hydrogens is 392 g/mol. The number of rotatable bonds is 4. The number of anilines is 1. The second kappa shape index (κ2) is 8.72. The van der Waals surface area contributed by atoms with E-state index in [2.05, 4.69) is 20.3 Å². The van der Waals surface area contributed by atoms with Crippen molar-refractivity contribution in [1.29, 1.82) is 0 Å². The zero-order chi connectivity index (χ0) is 21.2. The van der Waals surface area contributed by atoms with E-state index in [4.69, 9.17) is 9.72 Å². The zero-order valence-corrected chi connectivity index (χ0v) is 17.8. The molecule has 5 rings (SSSR count). The maximum absolute atomic E-state index is 12.9. The van der Waals surface area contributed by atoms with Gasteiger partial charge in [0.2, 0.25) is 5.91 Å². The summed E-state index contributed by atoms with van der Waals surface area (Å²) >= 11 is 0. The molecule has 2 aliphatic rings. The van der Waals surface area contributed by atoms with Crippen LogP contribution in [-0.2, 0) is 16.6 Å². The summed E-state index contributed by atoms with van der Waals surface area (Å²) in [5.74, 6) is 0.670. The number of pyridine rings is 2. The zero-order valence-electron chi connectivity index (χ0n) is 17.8. The van der Waals surface area contributed by atoms with Crippen LogP contribution in [0.25, 0.3) is 22.2 Å². The van der Waals surface area contributed by atoms with Gasteiger partial charge >= 0.3 is 0 Å². The lowest BCUT2D eigenvalue weighted by Gasteiger charge is -2.38. The van der Waals surface area contributed by atoms with Crippen LogP contribution in [0.5, 0.6) is 0 Å². The van der Waals surface area contributed by atoms with Crippen molar-refractivity contribution in [1.82, 2.24) is 24.6 Å². The van der Waals surface area contributed by atoms with E-state index in [0.717, 1.165) is 74.1 Å². The van der Waals surface area contributed by atoms with Crippen LogP contribution in [0, 0.1) is 5.92 Å². The maximum atomic E-state index is 12.9. The molecule has 1 saturated heterocycles. The van der Waals surface area contributed by atoms with Gasteiger partial charge in [-0.1, -0.05) is 0 Å². The van der Waals surface area contributed by atoms with Crippen molar-refractivity contribution in [2.24, 2.45) is 13.0 Å². The highest BCUT2D eigenvalue weighted by Crippen LogP contribution is 2.29. The molecule has 4 heterocycles. The van der Waals surface area contributed by atoms with Gasteiger partial charge in [0.25, 0.3) is 0 Å². The van der Waals surface area contributed by atoms with E-state index >= 15 is 0 Å². The molecule has 0 spiro atoms. The number of nitrogens with zero attached hydrogens (tertiary/aromatic N) is 5. The van der Waals surface area contributed by atoms with Gasteiger partial charge in [-0.25, -0.2) is 9.97 Å². The predicted molar refractivity (Wildman–Crippen MR) is 119 cm³/mol. The minimum atomic E-state index is 0.0458. The number of aromatic nitrogens is 4. The van der Waals surface area contributed by atoms with Crippen LogP contribution < -0.4 is 5.32 Å². The summed E-state index contributed by atoms with van der Waals surface area (Å²) in [6.45, 7) is 3.67. The fourth-order valence-electron chi connectivity index (χ4n) is 4.67. The fraction of sp³-hybridized carbons (Fsp3) is 0.478. The molecule has 162 valence electrons. The Hall–Kier alpha value is -2.84. The highest BCUT2D eigenvalue weighted by atomic mass is 16.5. The number of carbonyl (C=O) groups is 1. The lowest BCUT2D eigenvalue weighted by molar-refractivity contribution is -0.121. The van der Waals surface area contributed by atoms with Crippen LogP contribution in [0.3, 0.4) is 0 Å². The summed E-state index contributed by atoms with van der Waals surface area (Å²) < 4.78 is 7.22. The molecule has 0 atom stereocenters. The van der Waals surface area contributed by atoms with Crippen molar-refractivity contribution in [2.45, 2.75) is 31.7 Å². The maximum Gasteiger partial charge on any atom is 0.228 e. The Morgan fingerprint density at radius 2 is 1.94 bits per heavy atom. The summed E-state index contributed by atoms with van der Waals surface area (Å²) in [5, 5.41) is 8.18. The van der Waals surface area contributed by atoms with Crippen LogP contribution in [0.1, 0.15) is 25.7 Å². The molecule has 0 bridgehead atoms. The van der Waals surface area contributed by atoms with Gasteiger partial charge in [0, 0.05) is 61.5 Å². The summed E-state index contributed by atoms with van der Waals surface area (Å²) in [6.07, 6.45) is 9.48. The second-order valence-corrected chi connectivity index (χ2v) is 8.50. The number of amides is 1. The third-order valence-electron chi connectivity index (χ3n) is 6.46. The number of carbonyl (C=O) groups excluding carboxylic acids is 1. The molecule has 1 aliphatic heterocycles. The number of ether oxygens (including phenoxy) is 1. The summed E-state index contributed by atoms with van der Waals surface area (Å²) in [6, 6.07) is 6.40. The van der Waals surface area contributed by atoms with Crippen LogP contribution in [0.4, 0.5) is 5.82 Å². The van der Waals surface area contributed by atoms with Crippen LogP contribution >= 0.6 is 0 Å². The van der Waals surface area contributed by atoms with Gasteiger partial charge in [-0.05, 0) is 37.8 Å². The van der Waals surface area contributed by atoms with E-state index in [0.29, 0.717) is 11.9 Å².